The minimum atomic E-state index is 0.639. The van der Waals surface area contributed by atoms with Crippen LogP contribution in [0.25, 0.3) is 10.9 Å². The normalized spacial score (nSPS) is 10.2. The minimum absolute atomic E-state index is 0.639. The van der Waals surface area contributed by atoms with E-state index in [1.54, 1.807) is 6.20 Å². The van der Waals surface area contributed by atoms with Crippen molar-refractivity contribution in [3.05, 3.63) is 24.4 Å². The van der Waals surface area contributed by atoms with Gasteiger partial charge in [0.2, 0.25) is 0 Å². The van der Waals surface area contributed by atoms with Crippen LogP contribution in [0.5, 0.6) is 0 Å². The van der Waals surface area contributed by atoms with E-state index in [1.807, 2.05) is 25.1 Å². The molecule has 2 rings (SSSR count). The summed E-state index contributed by atoms with van der Waals surface area (Å²) in [5.41, 5.74) is 1.99. The standard InChI is InChI=1S/C10H12N4S/c1-2-11-10(15)13-8-3-4-9-7(5-8)6-12-14-9/h3-6H,2H2,1H3,(H,12,14)(H2,11,13,15). The summed E-state index contributed by atoms with van der Waals surface area (Å²) >= 11 is 5.09. The molecule has 1 aromatic carbocycles. The molecule has 0 radical (unpaired) electrons. The van der Waals surface area contributed by atoms with E-state index in [4.69, 9.17) is 12.2 Å². The molecule has 1 heterocycles. The zero-order valence-corrected chi connectivity index (χ0v) is 9.19. The molecule has 0 unspecified atom stereocenters. The van der Waals surface area contributed by atoms with Gasteiger partial charge in [-0.3, -0.25) is 5.10 Å². The second-order valence-electron chi connectivity index (χ2n) is 3.16. The van der Waals surface area contributed by atoms with Gasteiger partial charge in [-0.15, -0.1) is 0 Å². The van der Waals surface area contributed by atoms with Crippen molar-refractivity contribution in [2.75, 3.05) is 11.9 Å². The van der Waals surface area contributed by atoms with E-state index >= 15 is 0 Å². The van der Waals surface area contributed by atoms with Gasteiger partial charge < -0.3 is 10.6 Å². The fourth-order valence-electron chi connectivity index (χ4n) is 1.36. The number of nitrogens with one attached hydrogen (secondary N) is 3. The third-order valence-electron chi connectivity index (χ3n) is 2.04. The number of rotatable bonds is 2. The van der Waals surface area contributed by atoms with E-state index < -0.39 is 0 Å². The van der Waals surface area contributed by atoms with Crippen LogP contribution in [0.2, 0.25) is 0 Å². The number of benzene rings is 1. The van der Waals surface area contributed by atoms with Crippen molar-refractivity contribution in [1.82, 2.24) is 15.5 Å². The number of hydrogen-bond acceptors (Lipinski definition) is 2. The molecular formula is C10H12N4S. The van der Waals surface area contributed by atoms with E-state index in [0.717, 1.165) is 23.1 Å². The summed E-state index contributed by atoms with van der Waals surface area (Å²) in [6.07, 6.45) is 1.79. The van der Waals surface area contributed by atoms with Gasteiger partial charge in [-0.1, -0.05) is 0 Å². The van der Waals surface area contributed by atoms with Crippen LogP contribution in [0.3, 0.4) is 0 Å². The fraction of sp³-hybridized carbons (Fsp3) is 0.200. The molecule has 15 heavy (non-hydrogen) atoms. The molecule has 0 fully saturated rings. The predicted molar refractivity (Wildman–Crippen MR) is 66.0 cm³/mol. The monoisotopic (exact) mass is 220 g/mol. The molecule has 0 aliphatic rings. The number of anilines is 1. The van der Waals surface area contributed by atoms with Crippen molar-refractivity contribution in [3.8, 4) is 0 Å². The van der Waals surface area contributed by atoms with Crippen LogP contribution < -0.4 is 10.6 Å². The number of thiocarbonyl (C=S) groups is 1. The zero-order valence-electron chi connectivity index (χ0n) is 8.37. The van der Waals surface area contributed by atoms with Crippen LogP contribution in [0, 0.1) is 0 Å². The molecule has 0 aliphatic carbocycles. The highest BCUT2D eigenvalue weighted by Gasteiger charge is 1.99. The highest BCUT2D eigenvalue weighted by molar-refractivity contribution is 7.80. The first-order valence-electron chi connectivity index (χ1n) is 4.77. The summed E-state index contributed by atoms with van der Waals surface area (Å²) in [5, 5.41) is 14.7. The molecule has 0 amide bonds. The van der Waals surface area contributed by atoms with Gasteiger partial charge in [-0.05, 0) is 37.3 Å². The van der Waals surface area contributed by atoms with Crippen molar-refractivity contribution in [2.24, 2.45) is 0 Å². The first-order valence-corrected chi connectivity index (χ1v) is 5.18. The van der Waals surface area contributed by atoms with Gasteiger partial charge in [0.15, 0.2) is 5.11 Å². The third kappa shape index (κ3) is 2.24. The average molecular weight is 220 g/mol. The molecule has 2 aromatic rings. The Labute approximate surface area is 93.1 Å². The van der Waals surface area contributed by atoms with Gasteiger partial charge in [0.05, 0.1) is 11.7 Å². The lowest BCUT2D eigenvalue weighted by Crippen LogP contribution is -2.27. The van der Waals surface area contributed by atoms with E-state index in [2.05, 4.69) is 20.8 Å². The Morgan fingerprint density at radius 3 is 3.20 bits per heavy atom. The molecule has 1 aromatic heterocycles. The lowest BCUT2D eigenvalue weighted by Gasteiger charge is -2.08. The number of fused-ring (bicyclic) bond motifs is 1. The van der Waals surface area contributed by atoms with E-state index in [-0.39, 0.29) is 0 Å². The summed E-state index contributed by atoms with van der Waals surface area (Å²) in [6.45, 7) is 2.83. The van der Waals surface area contributed by atoms with Crippen molar-refractivity contribution in [2.45, 2.75) is 6.92 Å². The minimum Gasteiger partial charge on any atom is -0.363 e. The van der Waals surface area contributed by atoms with Gasteiger partial charge >= 0.3 is 0 Å². The highest BCUT2D eigenvalue weighted by atomic mass is 32.1. The molecule has 4 nitrogen and oxygen atoms in total. The number of aromatic nitrogens is 2. The van der Waals surface area contributed by atoms with Crippen molar-refractivity contribution >= 4 is 33.9 Å². The van der Waals surface area contributed by atoms with Crippen LogP contribution in [-0.4, -0.2) is 21.9 Å². The van der Waals surface area contributed by atoms with E-state index in [1.165, 1.54) is 0 Å². The summed E-state index contributed by atoms with van der Waals surface area (Å²) in [6, 6.07) is 5.94. The summed E-state index contributed by atoms with van der Waals surface area (Å²) in [5.74, 6) is 0. The van der Waals surface area contributed by atoms with E-state index in [9.17, 15) is 0 Å². The van der Waals surface area contributed by atoms with Gasteiger partial charge in [0, 0.05) is 17.6 Å². The molecule has 0 saturated carbocycles. The lowest BCUT2D eigenvalue weighted by atomic mass is 10.2. The Morgan fingerprint density at radius 1 is 1.53 bits per heavy atom. The molecule has 0 saturated heterocycles. The second-order valence-corrected chi connectivity index (χ2v) is 3.56. The summed E-state index contributed by atoms with van der Waals surface area (Å²) in [7, 11) is 0. The molecular weight excluding hydrogens is 208 g/mol. The average Bonchev–Trinajstić information content (AvgIpc) is 2.65. The van der Waals surface area contributed by atoms with Crippen LogP contribution >= 0.6 is 12.2 Å². The predicted octanol–water partition coefficient (Wildman–Crippen LogP) is 1.87. The molecule has 0 atom stereocenters. The zero-order chi connectivity index (χ0) is 10.7. The number of nitrogens with zero attached hydrogens (tertiary/aromatic N) is 1. The number of aromatic amines is 1. The molecule has 0 bridgehead atoms. The van der Waals surface area contributed by atoms with Crippen molar-refractivity contribution in [1.29, 1.82) is 0 Å². The Hall–Kier alpha value is -1.62. The number of H-pyrrole nitrogens is 1. The maximum Gasteiger partial charge on any atom is 0.170 e. The quantitative estimate of drug-likeness (QED) is 0.676. The maximum atomic E-state index is 5.09. The number of hydrogen-bond donors (Lipinski definition) is 3. The van der Waals surface area contributed by atoms with E-state index in [0.29, 0.717) is 5.11 Å². The van der Waals surface area contributed by atoms with Crippen molar-refractivity contribution < 1.29 is 0 Å². The lowest BCUT2D eigenvalue weighted by molar-refractivity contribution is 0.979. The van der Waals surface area contributed by atoms with Crippen LogP contribution in [-0.2, 0) is 0 Å². The highest BCUT2D eigenvalue weighted by Crippen LogP contribution is 2.16. The SMILES string of the molecule is CCNC(=S)Nc1ccc2[nH]ncc2c1. The van der Waals surface area contributed by atoms with Crippen LogP contribution in [0.4, 0.5) is 5.69 Å². The smallest absolute Gasteiger partial charge is 0.170 e. The molecule has 0 aliphatic heterocycles. The van der Waals surface area contributed by atoms with Gasteiger partial charge in [-0.2, -0.15) is 5.10 Å². The largest absolute Gasteiger partial charge is 0.363 e. The third-order valence-corrected chi connectivity index (χ3v) is 2.28. The molecule has 3 N–H and O–H groups in total. The maximum absolute atomic E-state index is 5.09. The Morgan fingerprint density at radius 2 is 2.40 bits per heavy atom. The Kier molecular flexibility index (Phi) is 2.82. The summed E-state index contributed by atoms with van der Waals surface area (Å²) < 4.78 is 0. The first kappa shape index (κ1) is 9.92. The van der Waals surface area contributed by atoms with Gasteiger partial charge in [0.1, 0.15) is 0 Å². The first-order chi connectivity index (χ1) is 7.29. The Balaban J connectivity index is 2.17. The second kappa shape index (κ2) is 4.27. The van der Waals surface area contributed by atoms with Crippen LogP contribution in [0.15, 0.2) is 24.4 Å². The molecule has 5 heteroatoms. The van der Waals surface area contributed by atoms with Gasteiger partial charge in [-0.25, -0.2) is 0 Å². The molecule has 0 spiro atoms. The molecule has 78 valence electrons. The van der Waals surface area contributed by atoms with Gasteiger partial charge in [0.25, 0.3) is 0 Å². The van der Waals surface area contributed by atoms with Crippen molar-refractivity contribution in [3.63, 3.8) is 0 Å². The van der Waals surface area contributed by atoms with Crippen LogP contribution in [0.1, 0.15) is 6.92 Å². The summed E-state index contributed by atoms with van der Waals surface area (Å²) in [4.78, 5) is 0. The Bertz CT molecular complexity index is 477. The fourth-order valence-corrected chi connectivity index (χ4v) is 1.62. The topological polar surface area (TPSA) is 52.7 Å².